The smallest absolute Gasteiger partial charge is 0.160 e. The highest BCUT2D eigenvalue weighted by Gasteiger charge is 2.29. The molecule has 0 bridgehead atoms. The third-order valence-electron chi connectivity index (χ3n) is 2.39. The van der Waals surface area contributed by atoms with Crippen LogP contribution in [-0.2, 0) is 0 Å². The Morgan fingerprint density at radius 2 is 2.33 bits per heavy atom. The van der Waals surface area contributed by atoms with E-state index < -0.39 is 0 Å². The van der Waals surface area contributed by atoms with E-state index in [4.69, 9.17) is 10.9 Å². The highest BCUT2D eigenvalue weighted by Crippen LogP contribution is 2.30. The zero-order valence-corrected chi connectivity index (χ0v) is 8.43. The summed E-state index contributed by atoms with van der Waals surface area (Å²) in [5.74, 6) is 6.57. The van der Waals surface area contributed by atoms with Gasteiger partial charge in [0.25, 0.3) is 0 Å². The number of nitrogens with zero attached hydrogens (tertiary/aromatic N) is 3. The summed E-state index contributed by atoms with van der Waals surface area (Å²) in [6.07, 6.45) is 5.56. The first kappa shape index (κ1) is 10.1. The number of aromatic nitrogens is 2. The Morgan fingerprint density at radius 1 is 1.53 bits per heavy atom. The number of aliphatic hydroxyl groups is 1. The number of nitrogens with one attached hydrogen (secondary N) is 1. The van der Waals surface area contributed by atoms with E-state index in [1.165, 1.54) is 0 Å². The summed E-state index contributed by atoms with van der Waals surface area (Å²) in [6.45, 7) is 0.714. The molecule has 0 amide bonds. The Balaban J connectivity index is 2.16. The highest BCUT2D eigenvalue weighted by atomic mass is 16.3. The number of hydrogen-bond donors (Lipinski definition) is 3. The molecule has 1 aromatic heterocycles. The predicted molar refractivity (Wildman–Crippen MR) is 57.3 cm³/mol. The monoisotopic (exact) mass is 209 g/mol. The standard InChI is InChI=1S/C9H15N5O/c10-13-8-5-11-6-9(12-8)14(3-4-15)7-1-2-7/h5-7,15H,1-4,10H2,(H,12,13). The third kappa shape index (κ3) is 2.34. The molecule has 0 aliphatic heterocycles. The molecule has 0 saturated heterocycles. The number of hydrogen-bond acceptors (Lipinski definition) is 6. The molecule has 0 unspecified atom stereocenters. The lowest BCUT2D eigenvalue weighted by Crippen LogP contribution is -2.30. The van der Waals surface area contributed by atoms with Gasteiger partial charge in [0.1, 0.15) is 5.82 Å². The molecule has 1 fully saturated rings. The van der Waals surface area contributed by atoms with Gasteiger partial charge in [0.05, 0.1) is 19.0 Å². The summed E-state index contributed by atoms with van der Waals surface area (Å²) in [7, 11) is 0. The number of nitrogens with two attached hydrogens (primary N) is 1. The highest BCUT2D eigenvalue weighted by molar-refractivity contribution is 5.45. The molecule has 6 heteroatoms. The molecule has 1 saturated carbocycles. The van der Waals surface area contributed by atoms with Crippen molar-refractivity contribution in [1.29, 1.82) is 0 Å². The van der Waals surface area contributed by atoms with Crippen LogP contribution in [0.2, 0.25) is 0 Å². The summed E-state index contributed by atoms with van der Waals surface area (Å²) >= 11 is 0. The minimum absolute atomic E-state index is 0.123. The lowest BCUT2D eigenvalue weighted by atomic mass is 10.4. The summed E-state index contributed by atoms with van der Waals surface area (Å²) in [6, 6.07) is 0.500. The van der Waals surface area contributed by atoms with E-state index in [1.807, 2.05) is 0 Å². The fourth-order valence-corrected chi connectivity index (χ4v) is 1.54. The quantitative estimate of drug-likeness (QED) is 0.457. The number of anilines is 2. The van der Waals surface area contributed by atoms with Gasteiger partial charge in [-0.05, 0) is 12.8 Å². The van der Waals surface area contributed by atoms with E-state index in [1.54, 1.807) is 12.4 Å². The fourth-order valence-electron chi connectivity index (χ4n) is 1.54. The van der Waals surface area contributed by atoms with E-state index in [9.17, 15) is 0 Å². The molecule has 15 heavy (non-hydrogen) atoms. The molecule has 2 rings (SSSR count). The molecule has 1 heterocycles. The van der Waals surface area contributed by atoms with Crippen LogP contribution in [0, 0.1) is 0 Å². The molecule has 1 aromatic rings. The Hall–Kier alpha value is -1.40. The number of aliphatic hydroxyl groups excluding tert-OH is 1. The van der Waals surface area contributed by atoms with Crippen LogP contribution < -0.4 is 16.2 Å². The van der Waals surface area contributed by atoms with E-state index in [2.05, 4.69) is 20.3 Å². The molecule has 1 aliphatic carbocycles. The van der Waals surface area contributed by atoms with Gasteiger partial charge in [-0.25, -0.2) is 10.8 Å². The van der Waals surface area contributed by atoms with E-state index in [0.717, 1.165) is 18.7 Å². The zero-order chi connectivity index (χ0) is 10.7. The second-order valence-corrected chi connectivity index (χ2v) is 3.56. The van der Waals surface area contributed by atoms with Crippen molar-refractivity contribution in [3.8, 4) is 0 Å². The Morgan fingerprint density at radius 3 is 2.93 bits per heavy atom. The van der Waals surface area contributed by atoms with Crippen molar-refractivity contribution in [2.24, 2.45) is 5.84 Å². The van der Waals surface area contributed by atoms with Crippen molar-refractivity contribution >= 4 is 11.6 Å². The van der Waals surface area contributed by atoms with Gasteiger partial charge in [-0.1, -0.05) is 0 Å². The van der Waals surface area contributed by atoms with Crippen molar-refractivity contribution < 1.29 is 5.11 Å². The molecule has 6 nitrogen and oxygen atoms in total. The average molecular weight is 209 g/mol. The lowest BCUT2D eigenvalue weighted by Gasteiger charge is -2.22. The molecule has 82 valence electrons. The third-order valence-corrected chi connectivity index (χ3v) is 2.39. The topological polar surface area (TPSA) is 87.3 Å². The van der Waals surface area contributed by atoms with Crippen LogP contribution >= 0.6 is 0 Å². The van der Waals surface area contributed by atoms with Crippen LogP contribution in [0.15, 0.2) is 12.4 Å². The van der Waals surface area contributed by atoms with E-state index >= 15 is 0 Å². The fraction of sp³-hybridized carbons (Fsp3) is 0.556. The molecule has 0 aromatic carbocycles. The predicted octanol–water partition coefficient (Wildman–Crippen LogP) is -0.277. The van der Waals surface area contributed by atoms with Gasteiger partial charge in [-0.15, -0.1) is 0 Å². The molecule has 0 atom stereocenters. The summed E-state index contributed by atoms with van der Waals surface area (Å²) in [4.78, 5) is 10.4. The Bertz CT molecular complexity index is 328. The van der Waals surface area contributed by atoms with Gasteiger partial charge in [0, 0.05) is 12.6 Å². The molecular formula is C9H15N5O. The first-order valence-electron chi connectivity index (χ1n) is 5.01. The maximum Gasteiger partial charge on any atom is 0.160 e. The second-order valence-electron chi connectivity index (χ2n) is 3.56. The number of rotatable bonds is 5. The molecular weight excluding hydrogens is 194 g/mol. The van der Waals surface area contributed by atoms with Crippen molar-refractivity contribution in [3.05, 3.63) is 12.4 Å². The van der Waals surface area contributed by atoms with Gasteiger partial charge >= 0.3 is 0 Å². The Kier molecular flexibility index (Phi) is 2.98. The summed E-state index contributed by atoms with van der Waals surface area (Å²) in [5, 5.41) is 8.97. The van der Waals surface area contributed by atoms with Crippen molar-refractivity contribution in [3.63, 3.8) is 0 Å². The minimum Gasteiger partial charge on any atom is -0.395 e. The van der Waals surface area contributed by atoms with Crippen LogP contribution in [0.4, 0.5) is 11.6 Å². The van der Waals surface area contributed by atoms with Crippen LogP contribution in [0.3, 0.4) is 0 Å². The molecule has 0 spiro atoms. The maximum absolute atomic E-state index is 8.97. The average Bonchev–Trinajstić information content (AvgIpc) is 3.10. The molecule has 4 N–H and O–H groups in total. The van der Waals surface area contributed by atoms with Crippen LogP contribution in [0.5, 0.6) is 0 Å². The van der Waals surface area contributed by atoms with Crippen LogP contribution in [0.25, 0.3) is 0 Å². The number of hydrazine groups is 1. The summed E-state index contributed by atoms with van der Waals surface area (Å²) < 4.78 is 0. The zero-order valence-electron chi connectivity index (χ0n) is 8.43. The normalized spacial score (nSPS) is 15.1. The second kappa shape index (κ2) is 4.41. The first-order chi connectivity index (χ1) is 7.35. The van der Waals surface area contributed by atoms with Gasteiger partial charge in [-0.2, -0.15) is 0 Å². The van der Waals surface area contributed by atoms with Gasteiger partial charge in [0.15, 0.2) is 5.82 Å². The van der Waals surface area contributed by atoms with Crippen molar-refractivity contribution in [1.82, 2.24) is 9.97 Å². The minimum atomic E-state index is 0.123. The van der Waals surface area contributed by atoms with Crippen LogP contribution in [0.1, 0.15) is 12.8 Å². The van der Waals surface area contributed by atoms with Crippen LogP contribution in [-0.4, -0.2) is 34.3 Å². The molecule has 1 aliphatic rings. The molecule has 0 radical (unpaired) electrons. The maximum atomic E-state index is 8.97. The van der Waals surface area contributed by atoms with Gasteiger partial charge < -0.3 is 15.4 Å². The van der Waals surface area contributed by atoms with Crippen molar-refractivity contribution in [2.75, 3.05) is 23.5 Å². The Labute approximate surface area is 88.1 Å². The SMILES string of the molecule is NNc1cncc(N(CCO)C2CC2)n1. The van der Waals surface area contributed by atoms with Gasteiger partial charge in [-0.3, -0.25) is 4.98 Å². The van der Waals surface area contributed by atoms with E-state index in [0.29, 0.717) is 18.4 Å². The summed E-state index contributed by atoms with van der Waals surface area (Å²) in [5.41, 5.74) is 2.46. The van der Waals surface area contributed by atoms with Gasteiger partial charge in [0.2, 0.25) is 0 Å². The lowest BCUT2D eigenvalue weighted by molar-refractivity contribution is 0.301. The van der Waals surface area contributed by atoms with E-state index in [-0.39, 0.29) is 6.61 Å². The number of nitrogen functional groups attached to an aromatic ring is 1. The largest absolute Gasteiger partial charge is 0.395 e. The first-order valence-corrected chi connectivity index (χ1v) is 5.01. The van der Waals surface area contributed by atoms with Crippen molar-refractivity contribution in [2.45, 2.75) is 18.9 Å².